The second kappa shape index (κ2) is 3.74. The molecular formula is C14H14ClN3O2. The SMILES string of the molecule is NC(=O)C1C2CC(O)(c3cc(Cl)cc4[nH]ncc34)CC21. The van der Waals surface area contributed by atoms with Crippen molar-refractivity contribution in [2.45, 2.75) is 18.4 Å². The molecule has 0 spiro atoms. The number of benzene rings is 1. The van der Waals surface area contributed by atoms with E-state index < -0.39 is 5.60 Å². The number of rotatable bonds is 2. The van der Waals surface area contributed by atoms with Crippen LogP contribution in [0.3, 0.4) is 0 Å². The highest BCUT2D eigenvalue weighted by Crippen LogP contribution is 2.64. The van der Waals surface area contributed by atoms with Gasteiger partial charge in [-0.25, -0.2) is 0 Å². The lowest BCUT2D eigenvalue weighted by Gasteiger charge is -2.27. The Morgan fingerprint density at radius 2 is 2.15 bits per heavy atom. The van der Waals surface area contributed by atoms with E-state index in [-0.39, 0.29) is 23.7 Å². The highest BCUT2D eigenvalue weighted by molar-refractivity contribution is 6.31. The molecule has 0 aliphatic heterocycles. The molecule has 104 valence electrons. The van der Waals surface area contributed by atoms with E-state index in [1.54, 1.807) is 18.3 Å². The summed E-state index contributed by atoms with van der Waals surface area (Å²) in [6.45, 7) is 0. The first kappa shape index (κ1) is 12.2. The highest BCUT2D eigenvalue weighted by atomic mass is 35.5. The monoisotopic (exact) mass is 291 g/mol. The largest absolute Gasteiger partial charge is 0.385 e. The number of halogens is 1. The van der Waals surface area contributed by atoms with Gasteiger partial charge in [0.15, 0.2) is 0 Å². The third-order valence-corrected chi connectivity index (χ3v) is 5.05. The molecule has 2 aliphatic rings. The standard InChI is InChI=1S/C14H14ClN3O2/c15-6-1-10(9-5-17-18-11(9)2-6)14(20)3-7-8(4-14)12(7)13(16)19/h1-2,5,7-8,12,20H,3-4H2,(H2,16,19)(H,17,18). The number of amides is 1. The normalized spacial score (nSPS) is 35.2. The predicted molar refractivity (Wildman–Crippen MR) is 73.9 cm³/mol. The van der Waals surface area contributed by atoms with Crippen molar-refractivity contribution in [3.63, 3.8) is 0 Å². The van der Waals surface area contributed by atoms with Crippen molar-refractivity contribution in [1.82, 2.24) is 10.2 Å². The Hall–Kier alpha value is -1.59. The van der Waals surface area contributed by atoms with Gasteiger partial charge in [0.2, 0.25) is 5.91 Å². The van der Waals surface area contributed by atoms with Crippen LogP contribution in [0, 0.1) is 17.8 Å². The zero-order valence-electron chi connectivity index (χ0n) is 10.6. The number of H-pyrrole nitrogens is 1. The number of aliphatic hydroxyl groups is 1. The average molecular weight is 292 g/mol. The summed E-state index contributed by atoms with van der Waals surface area (Å²) in [7, 11) is 0. The summed E-state index contributed by atoms with van der Waals surface area (Å²) >= 11 is 6.11. The molecule has 6 heteroatoms. The van der Waals surface area contributed by atoms with Crippen LogP contribution in [-0.2, 0) is 10.4 Å². The summed E-state index contributed by atoms with van der Waals surface area (Å²) < 4.78 is 0. The number of carbonyl (C=O) groups excluding carboxylic acids is 1. The van der Waals surface area contributed by atoms with Gasteiger partial charge in [0.25, 0.3) is 0 Å². The lowest BCUT2D eigenvalue weighted by atomic mass is 9.85. The summed E-state index contributed by atoms with van der Waals surface area (Å²) in [6, 6.07) is 3.59. The second-order valence-corrected chi connectivity index (χ2v) is 6.42. The molecule has 1 amide bonds. The first-order valence-electron chi connectivity index (χ1n) is 6.64. The first-order valence-corrected chi connectivity index (χ1v) is 7.02. The minimum absolute atomic E-state index is 0.0608. The number of aromatic amines is 1. The maximum absolute atomic E-state index is 11.3. The molecule has 5 nitrogen and oxygen atoms in total. The van der Waals surface area contributed by atoms with Crippen LogP contribution >= 0.6 is 11.6 Å². The molecule has 1 heterocycles. The number of nitrogens with one attached hydrogen (secondary N) is 1. The Bertz CT molecular complexity index is 714. The van der Waals surface area contributed by atoms with Crippen molar-refractivity contribution in [2.75, 3.05) is 0 Å². The number of aromatic nitrogens is 2. The van der Waals surface area contributed by atoms with E-state index in [1.807, 2.05) is 0 Å². The number of nitrogens with zero attached hydrogens (tertiary/aromatic N) is 1. The van der Waals surface area contributed by atoms with Crippen LogP contribution in [-0.4, -0.2) is 21.2 Å². The van der Waals surface area contributed by atoms with Crippen LogP contribution in [0.15, 0.2) is 18.3 Å². The fraction of sp³-hybridized carbons (Fsp3) is 0.429. The Kier molecular flexibility index (Phi) is 2.28. The van der Waals surface area contributed by atoms with Gasteiger partial charge < -0.3 is 10.8 Å². The molecule has 20 heavy (non-hydrogen) atoms. The van der Waals surface area contributed by atoms with E-state index in [0.29, 0.717) is 17.9 Å². The van der Waals surface area contributed by atoms with Gasteiger partial charge in [0.05, 0.1) is 17.3 Å². The molecule has 2 unspecified atom stereocenters. The third kappa shape index (κ3) is 1.53. The van der Waals surface area contributed by atoms with Crippen molar-refractivity contribution in [3.05, 3.63) is 28.9 Å². The van der Waals surface area contributed by atoms with E-state index in [0.717, 1.165) is 16.5 Å². The Morgan fingerprint density at radius 1 is 1.45 bits per heavy atom. The van der Waals surface area contributed by atoms with Gasteiger partial charge in [-0.1, -0.05) is 11.6 Å². The van der Waals surface area contributed by atoms with Gasteiger partial charge in [-0.15, -0.1) is 0 Å². The molecule has 1 aromatic carbocycles. The van der Waals surface area contributed by atoms with Crippen molar-refractivity contribution in [2.24, 2.45) is 23.5 Å². The number of primary amides is 1. The van der Waals surface area contributed by atoms with E-state index in [2.05, 4.69) is 10.2 Å². The molecule has 1 aromatic heterocycles. The molecule has 2 fully saturated rings. The van der Waals surface area contributed by atoms with E-state index in [1.165, 1.54) is 0 Å². The summed E-state index contributed by atoms with van der Waals surface area (Å²) in [5, 5.41) is 19.3. The van der Waals surface area contributed by atoms with Crippen LogP contribution < -0.4 is 5.73 Å². The number of nitrogens with two attached hydrogens (primary N) is 1. The van der Waals surface area contributed by atoms with Crippen molar-refractivity contribution in [1.29, 1.82) is 0 Å². The molecule has 0 saturated heterocycles. The topological polar surface area (TPSA) is 92.0 Å². The Morgan fingerprint density at radius 3 is 2.80 bits per heavy atom. The average Bonchev–Trinajstić information content (AvgIpc) is 2.75. The fourth-order valence-corrected chi connectivity index (χ4v) is 4.13. The number of hydrogen-bond acceptors (Lipinski definition) is 3. The van der Waals surface area contributed by atoms with Crippen LogP contribution in [0.5, 0.6) is 0 Å². The first-order chi connectivity index (χ1) is 9.49. The maximum atomic E-state index is 11.3. The van der Waals surface area contributed by atoms with Gasteiger partial charge >= 0.3 is 0 Å². The van der Waals surface area contributed by atoms with Crippen LogP contribution in [0.2, 0.25) is 5.02 Å². The van der Waals surface area contributed by atoms with E-state index >= 15 is 0 Å². The third-order valence-electron chi connectivity index (χ3n) is 4.83. The number of hydrogen-bond donors (Lipinski definition) is 3. The summed E-state index contributed by atoms with van der Waals surface area (Å²) in [5.74, 6) is 0.104. The van der Waals surface area contributed by atoms with Gasteiger partial charge in [0.1, 0.15) is 0 Å². The zero-order valence-corrected chi connectivity index (χ0v) is 11.4. The quantitative estimate of drug-likeness (QED) is 0.784. The highest BCUT2D eigenvalue weighted by Gasteiger charge is 2.64. The molecule has 0 bridgehead atoms. The van der Waals surface area contributed by atoms with Crippen molar-refractivity contribution in [3.8, 4) is 0 Å². The minimum Gasteiger partial charge on any atom is -0.385 e. The Labute approximate surface area is 120 Å². The van der Waals surface area contributed by atoms with Crippen LogP contribution in [0.1, 0.15) is 18.4 Å². The van der Waals surface area contributed by atoms with Crippen LogP contribution in [0.25, 0.3) is 10.9 Å². The minimum atomic E-state index is -0.936. The van der Waals surface area contributed by atoms with E-state index in [4.69, 9.17) is 17.3 Å². The van der Waals surface area contributed by atoms with Gasteiger partial charge in [0, 0.05) is 16.3 Å². The van der Waals surface area contributed by atoms with E-state index in [9.17, 15) is 9.90 Å². The lowest BCUT2D eigenvalue weighted by Crippen LogP contribution is -2.27. The predicted octanol–water partition coefficient (Wildman–Crippen LogP) is 1.55. The molecule has 4 rings (SSSR count). The second-order valence-electron chi connectivity index (χ2n) is 5.98. The molecule has 4 N–H and O–H groups in total. The summed E-state index contributed by atoms with van der Waals surface area (Å²) in [4.78, 5) is 11.3. The van der Waals surface area contributed by atoms with Crippen molar-refractivity contribution >= 4 is 28.4 Å². The number of carbonyl (C=O) groups is 1. The molecular weight excluding hydrogens is 278 g/mol. The lowest BCUT2D eigenvalue weighted by molar-refractivity contribution is -0.120. The Balaban J connectivity index is 1.74. The fourth-order valence-electron chi connectivity index (χ4n) is 3.91. The van der Waals surface area contributed by atoms with Gasteiger partial charge in [-0.05, 0) is 42.4 Å². The molecule has 2 saturated carbocycles. The van der Waals surface area contributed by atoms with Crippen LogP contribution in [0.4, 0.5) is 0 Å². The zero-order chi connectivity index (χ0) is 14.1. The maximum Gasteiger partial charge on any atom is 0.221 e. The molecule has 2 atom stereocenters. The summed E-state index contributed by atoms with van der Waals surface area (Å²) in [5.41, 5.74) is 6.03. The van der Waals surface area contributed by atoms with Gasteiger partial charge in [-0.2, -0.15) is 5.10 Å². The smallest absolute Gasteiger partial charge is 0.221 e. The number of fused-ring (bicyclic) bond motifs is 2. The van der Waals surface area contributed by atoms with Crippen molar-refractivity contribution < 1.29 is 9.90 Å². The molecule has 0 radical (unpaired) electrons. The molecule has 2 aliphatic carbocycles. The molecule has 2 aromatic rings. The summed E-state index contributed by atoms with van der Waals surface area (Å²) in [6.07, 6.45) is 2.83. The van der Waals surface area contributed by atoms with Gasteiger partial charge in [-0.3, -0.25) is 9.89 Å².